The summed E-state index contributed by atoms with van der Waals surface area (Å²) in [6, 6.07) is 7.88. The number of carbonyl (C=O) groups excluding carboxylic acids is 1. The van der Waals surface area contributed by atoms with Gasteiger partial charge in [0.1, 0.15) is 0 Å². The summed E-state index contributed by atoms with van der Waals surface area (Å²) in [4.78, 5) is 25.2. The number of carbonyl (C=O) groups is 1. The van der Waals surface area contributed by atoms with E-state index in [2.05, 4.69) is 34.8 Å². The first-order valence-electron chi connectivity index (χ1n) is 10.7. The number of imidazole rings is 1. The first-order chi connectivity index (χ1) is 14.9. The largest absolute Gasteiger partial charge is 0.393 e. The molecule has 1 amide bonds. The Kier molecular flexibility index (Phi) is 6.03. The Balaban J connectivity index is 1.63. The highest BCUT2D eigenvalue weighted by Crippen LogP contribution is 2.28. The van der Waals surface area contributed by atoms with Gasteiger partial charge in [-0.25, -0.2) is 4.98 Å². The standard InChI is InChI=1S/C22H29N7O2/c1-13(2)29-12-23-19-20(25-16-6-4-15(5-7-16)24-14(3)30)27-22(28-21(19)29)26-17-8-10-18(31)11-9-17/h4-7,12-13,17-18,31H,8-11H2,1-3H3,(H,24,30)(H2,25,26,27,28). The second-order valence-electron chi connectivity index (χ2n) is 8.35. The lowest BCUT2D eigenvalue weighted by Gasteiger charge is -2.26. The molecule has 0 bridgehead atoms. The Bertz CT molecular complexity index is 1050. The number of hydrogen-bond acceptors (Lipinski definition) is 7. The summed E-state index contributed by atoms with van der Waals surface area (Å²) in [5, 5.41) is 19.3. The molecule has 4 rings (SSSR count). The molecule has 0 atom stereocenters. The number of anilines is 4. The second kappa shape index (κ2) is 8.89. The van der Waals surface area contributed by atoms with Crippen LogP contribution in [0.2, 0.25) is 0 Å². The second-order valence-corrected chi connectivity index (χ2v) is 8.35. The van der Waals surface area contributed by atoms with Crippen molar-refractivity contribution in [2.75, 3.05) is 16.0 Å². The van der Waals surface area contributed by atoms with E-state index in [1.165, 1.54) is 6.92 Å². The molecule has 1 saturated carbocycles. The average molecular weight is 424 g/mol. The number of fused-ring (bicyclic) bond motifs is 1. The minimum atomic E-state index is -0.207. The summed E-state index contributed by atoms with van der Waals surface area (Å²) in [6.45, 7) is 5.66. The molecule has 4 N–H and O–H groups in total. The maximum atomic E-state index is 11.2. The van der Waals surface area contributed by atoms with E-state index in [9.17, 15) is 9.90 Å². The van der Waals surface area contributed by atoms with Gasteiger partial charge in [-0.15, -0.1) is 0 Å². The molecule has 164 valence electrons. The Morgan fingerprint density at radius 2 is 1.77 bits per heavy atom. The topological polar surface area (TPSA) is 117 Å². The number of aromatic nitrogens is 4. The number of hydrogen-bond donors (Lipinski definition) is 4. The Labute approximate surface area is 181 Å². The van der Waals surface area contributed by atoms with Crippen molar-refractivity contribution in [3.63, 3.8) is 0 Å². The molecule has 9 heteroatoms. The third-order valence-corrected chi connectivity index (χ3v) is 5.48. The molecule has 0 aliphatic heterocycles. The maximum Gasteiger partial charge on any atom is 0.227 e. The van der Waals surface area contributed by atoms with Gasteiger partial charge in [0.15, 0.2) is 17.0 Å². The Morgan fingerprint density at radius 3 is 2.42 bits per heavy atom. The van der Waals surface area contributed by atoms with Crippen LogP contribution in [0.5, 0.6) is 0 Å². The van der Waals surface area contributed by atoms with Crippen LogP contribution in [0.15, 0.2) is 30.6 Å². The zero-order valence-corrected chi connectivity index (χ0v) is 18.1. The predicted octanol–water partition coefficient (Wildman–Crippen LogP) is 3.82. The third kappa shape index (κ3) is 4.93. The van der Waals surface area contributed by atoms with Gasteiger partial charge in [-0.3, -0.25) is 4.79 Å². The van der Waals surface area contributed by atoms with Gasteiger partial charge in [0.25, 0.3) is 0 Å². The number of rotatable bonds is 6. The lowest BCUT2D eigenvalue weighted by Crippen LogP contribution is -2.29. The van der Waals surface area contributed by atoms with E-state index in [0.29, 0.717) is 17.3 Å². The number of benzene rings is 1. The van der Waals surface area contributed by atoms with Gasteiger partial charge >= 0.3 is 0 Å². The smallest absolute Gasteiger partial charge is 0.227 e. The third-order valence-electron chi connectivity index (χ3n) is 5.48. The fourth-order valence-corrected chi connectivity index (χ4v) is 3.83. The van der Waals surface area contributed by atoms with Crippen LogP contribution < -0.4 is 16.0 Å². The molecule has 1 aromatic carbocycles. The van der Waals surface area contributed by atoms with Crippen molar-refractivity contribution in [1.82, 2.24) is 19.5 Å². The molecule has 0 unspecified atom stereocenters. The first-order valence-corrected chi connectivity index (χ1v) is 10.7. The number of amides is 1. The van der Waals surface area contributed by atoms with Crippen LogP contribution in [-0.2, 0) is 4.79 Å². The molecule has 0 saturated heterocycles. The van der Waals surface area contributed by atoms with Crippen molar-refractivity contribution in [2.24, 2.45) is 0 Å². The molecule has 1 fully saturated rings. The van der Waals surface area contributed by atoms with E-state index >= 15 is 0 Å². The van der Waals surface area contributed by atoms with Gasteiger partial charge in [0.2, 0.25) is 11.9 Å². The summed E-state index contributed by atoms with van der Waals surface area (Å²) in [5.74, 6) is 1.06. The zero-order chi connectivity index (χ0) is 22.0. The number of aliphatic hydroxyl groups excluding tert-OH is 1. The molecule has 1 aliphatic carbocycles. The molecule has 31 heavy (non-hydrogen) atoms. The summed E-state index contributed by atoms with van der Waals surface area (Å²) < 4.78 is 2.03. The Morgan fingerprint density at radius 1 is 1.10 bits per heavy atom. The fourth-order valence-electron chi connectivity index (χ4n) is 3.83. The van der Waals surface area contributed by atoms with Crippen LogP contribution in [0.1, 0.15) is 52.5 Å². The molecule has 0 radical (unpaired) electrons. The van der Waals surface area contributed by atoms with Crippen molar-refractivity contribution in [2.45, 2.75) is 64.6 Å². The molecular weight excluding hydrogens is 394 g/mol. The Hall–Kier alpha value is -3.20. The van der Waals surface area contributed by atoms with E-state index in [-0.39, 0.29) is 24.1 Å². The minimum Gasteiger partial charge on any atom is -0.393 e. The molecule has 1 aliphatic rings. The van der Waals surface area contributed by atoms with Crippen LogP contribution >= 0.6 is 0 Å². The van der Waals surface area contributed by atoms with E-state index in [1.807, 2.05) is 28.8 Å². The fraction of sp³-hybridized carbons (Fsp3) is 0.455. The summed E-state index contributed by atoms with van der Waals surface area (Å²) in [7, 11) is 0. The lowest BCUT2D eigenvalue weighted by atomic mass is 9.93. The molecule has 0 spiro atoms. The van der Waals surface area contributed by atoms with Crippen molar-refractivity contribution in [3.05, 3.63) is 30.6 Å². The van der Waals surface area contributed by atoms with Gasteiger partial charge in [-0.1, -0.05) is 0 Å². The lowest BCUT2D eigenvalue weighted by molar-refractivity contribution is -0.114. The van der Waals surface area contributed by atoms with Crippen LogP contribution in [0.4, 0.5) is 23.1 Å². The van der Waals surface area contributed by atoms with Crippen molar-refractivity contribution in [1.29, 1.82) is 0 Å². The van der Waals surface area contributed by atoms with E-state index in [4.69, 9.17) is 9.97 Å². The molecule has 2 heterocycles. The highest BCUT2D eigenvalue weighted by atomic mass is 16.3. The number of nitrogens with zero attached hydrogens (tertiary/aromatic N) is 4. The molecule has 3 aromatic rings. The minimum absolute atomic E-state index is 0.108. The van der Waals surface area contributed by atoms with Gasteiger partial charge in [-0.05, 0) is 63.8 Å². The SMILES string of the molecule is CC(=O)Nc1ccc(Nc2nc(NC3CCC(O)CC3)nc3c2ncn3C(C)C)cc1. The average Bonchev–Trinajstić information content (AvgIpc) is 3.15. The molecular formula is C22H29N7O2. The van der Waals surface area contributed by atoms with E-state index in [0.717, 1.165) is 42.7 Å². The normalized spacial score (nSPS) is 18.9. The van der Waals surface area contributed by atoms with E-state index in [1.54, 1.807) is 6.33 Å². The van der Waals surface area contributed by atoms with Crippen molar-refractivity contribution in [3.8, 4) is 0 Å². The van der Waals surface area contributed by atoms with Gasteiger partial charge in [-0.2, -0.15) is 9.97 Å². The zero-order valence-electron chi connectivity index (χ0n) is 18.1. The van der Waals surface area contributed by atoms with Gasteiger partial charge in [0.05, 0.1) is 12.4 Å². The highest BCUT2D eigenvalue weighted by molar-refractivity contribution is 5.89. The van der Waals surface area contributed by atoms with Crippen molar-refractivity contribution < 1.29 is 9.90 Å². The summed E-state index contributed by atoms with van der Waals surface area (Å²) in [6.07, 6.45) is 4.93. The highest BCUT2D eigenvalue weighted by Gasteiger charge is 2.21. The predicted molar refractivity (Wildman–Crippen MR) is 122 cm³/mol. The van der Waals surface area contributed by atoms with Crippen LogP contribution in [0.3, 0.4) is 0 Å². The molecule has 2 aromatic heterocycles. The van der Waals surface area contributed by atoms with E-state index < -0.39 is 0 Å². The number of aliphatic hydroxyl groups is 1. The van der Waals surface area contributed by atoms with Crippen LogP contribution in [0, 0.1) is 0 Å². The quantitative estimate of drug-likeness (QED) is 0.476. The maximum absolute atomic E-state index is 11.2. The van der Waals surface area contributed by atoms with Crippen LogP contribution in [-0.4, -0.2) is 42.7 Å². The van der Waals surface area contributed by atoms with Gasteiger partial charge in [0, 0.05) is 30.4 Å². The van der Waals surface area contributed by atoms with Crippen molar-refractivity contribution >= 4 is 40.2 Å². The van der Waals surface area contributed by atoms with Crippen LogP contribution in [0.25, 0.3) is 11.2 Å². The monoisotopic (exact) mass is 423 g/mol. The first kappa shape index (κ1) is 21.0. The molecule has 9 nitrogen and oxygen atoms in total. The number of nitrogens with one attached hydrogen (secondary N) is 3. The van der Waals surface area contributed by atoms with Gasteiger partial charge < -0.3 is 25.6 Å². The summed E-state index contributed by atoms with van der Waals surface area (Å²) in [5.41, 5.74) is 3.03. The summed E-state index contributed by atoms with van der Waals surface area (Å²) >= 11 is 0.